The third-order valence-electron chi connectivity index (χ3n) is 1.64. The minimum absolute atomic E-state index is 0.130. The van der Waals surface area contributed by atoms with Crippen LogP contribution in [0.2, 0.25) is 0 Å². The first-order chi connectivity index (χ1) is 6.04. The van der Waals surface area contributed by atoms with E-state index in [1.807, 2.05) is 20.8 Å². The van der Waals surface area contributed by atoms with E-state index in [1.165, 1.54) is 4.31 Å². The SMILES string of the molecule is CC(N)CN(C)S(=O)(=O)CC(C)(C)C. The normalized spacial score (nSPS) is 15.9. The number of hydrogen-bond donors (Lipinski definition) is 1. The Bertz CT molecular complexity index is 265. The maximum Gasteiger partial charge on any atom is 0.214 e. The molecule has 0 aliphatic rings. The average molecular weight is 222 g/mol. The summed E-state index contributed by atoms with van der Waals surface area (Å²) in [6.45, 7) is 7.89. The van der Waals surface area contributed by atoms with Gasteiger partial charge in [0.25, 0.3) is 0 Å². The molecule has 0 amide bonds. The summed E-state index contributed by atoms with van der Waals surface area (Å²) in [7, 11) is -1.59. The van der Waals surface area contributed by atoms with Crippen LogP contribution in [0, 0.1) is 5.41 Å². The van der Waals surface area contributed by atoms with Gasteiger partial charge in [0.1, 0.15) is 0 Å². The van der Waals surface area contributed by atoms with Gasteiger partial charge in [0.2, 0.25) is 10.0 Å². The van der Waals surface area contributed by atoms with Crippen molar-refractivity contribution >= 4 is 10.0 Å². The van der Waals surface area contributed by atoms with Gasteiger partial charge in [-0.25, -0.2) is 12.7 Å². The molecule has 0 radical (unpaired) electrons. The predicted octanol–water partition coefficient (Wildman–Crippen LogP) is 0.641. The van der Waals surface area contributed by atoms with Crippen molar-refractivity contribution in [1.82, 2.24) is 4.31 Å². The number of likely N-dealkylation sites (N-methyl/N-ethyl adjacent to an activating group) is 1. The largest absolute Gasteiger partial charge is 0.327 e. The van der Waals surface area contributed by atoms with Crippen LogP contribution >= 0.6 is 0 Å². The van der Waals surface area contributed by atoms with Gasteiger partial charge in [-0.05, 0) is 12.3 Å². The van der Waals surface area contributed by atoms with Crippen molar-refractivity contribution in [3.8, 4) is 0 Å². The summed E-state index contributed by atoms with van der Waals surface area (Å²) in [4.78, 5) is 0. The van der Waals surface area contributed by atoms with Crippen LogP contribution in [0.3, 0.4) is 0 Å². The monoisotopic (exact) mass is 222 g/mol. The van der Waals surface area contributed by atoms with Gasteiger partial charge in [-0.15, -0.1) is 0 Å². The molecule has 0 aliphatic heterocycles. The molecule has 0 heterocycles. The lowest BCUT2D eigenvalue weighted by Gasteiger charge is -2.24. The fourth-order valence-electron chi connectivity index (χ4n) is 1.18. The van der Waals surface area contributed by atoms with E-state index in [0.717, 1.165) is 0 Å². The van der Waals surface area contributed by atoms with Crippen LogP contribution in [0.25, 0.3) is 0 Å². The van der Waals surface area contributed by atoms with Crippen molar-refractivity contribution in [3.63, 3.8) is 0 Å². The Morgan fingerprint density at radius 3 is 2.07 bits per heavy atom. The molecule has 0 rings (SSSR count). The molecule has 0 aromatic carbocycles. The average Bonchev–Trinajstić information content (AvgIpc) is 1.78. The molecular weight excluding hydrogens is 200 g/mol. The van der Waals surface area contributed by atoms with E-state index in [-0.39, 0.29) is 17.2 Å². The van der Waals surface area contributed by atoms with Crippen LogP contribution in [0.15, 0.2) is 0 Å². The number of nitrogens with two attached hydrogens (primary N) is 1. The molecule has 86 valence electrons. The molecule has 0 spiro atoms. The predicted molar refractivity (Wildman–Crippen MR) is 59.5 cm³/mol. The maximum atomic E-state index is 11.8. The van der Waals surface area contributed by atoms with Gasteiger partial charge < -0.3 is 5.73 Å². The molecule has 1 unspecified atom stereocenters. The van der Waals surface area contributed by atoms with Gasteiger partial charge in [-0.1, -0.05) is 20.8 Å². The Hall–Kier alpha value is -0.130. The van der Waals surface area contributed by atoms with Crippen molar-refractivity contribution in [2.45, 2.75) is 33.7 Å². The second-order valence-corrected chi connectivity index (χ2v) is 7.15. The van der Waals surface area contributed by atoms with Crippen LogP contribution in [0.5, 0.6) is 0 Å². The molecule has 2 N–H and O–H groups in total. The third kappa shape index (κ3) is 5.57. The van der Waals surface area contributed by atoms with E-state index in [2.05, 4.69) is 0 Å². The van der Waals surface area contributed by atoms with E-state index >= 15 is 0 Å². The quantitative estimate of drug-likeness (QED) is 0.759. The second-order valence-electron chi connectivity index (χ2n) is 5.07. The molecule has 0 aromatic heterocycles. The molecule has 0 aromatic rings. The van der Waals surface area contributed by atoms with Crippen molar-refractivity contribution < 1.29 is 8.42 Å². The lowest BCUT2D eigenvalue weighted by molar-refractivity contribution is 0.411. The highest BCUT2D eigenvalue weighted by Crippen LogP contribution is 2.17. The fraction of sp³-hybridized carbons (Fsp3) is 1.00. The van der Waals surface area contributed by atoms with Crippen LogP contribution < -0.4 is 5.73 Å². The summed E-state index contributed by atoms with van der Waals surface area (Å²) in [5.74, 6) is 0.156. The van der Waals surface area contributed by atoms with Gasteiger partial charge >= 0.3 is 0 Å². The summed E-state index contributed by atoms with van der Waals surface area (Å²) in [6.07, 6.45) is 0. The van der Waals surface area contributed by atoms with Gasteiger partial charge in [0.15, 0.2) is 0 Å². The minimum Gasteiger partial charge on any atom is -0.327 e. The summed E-state index contributed by atoms with van der Waals surface area (Å²) < 4.78 is 24.8. The summed E-state index contributed by atoms with van der Waals surface area (Å²) >= 11 is 0. The number of nitrogens with zero attached hydrogens (tertiary/aromatic N) is 1. The van der Waals surface area contributed by atoms with E-state index in [0.29, 0.717) is 6.54 Å². The van der Waals surface area contributed by atoms with Gasteiger partial charge in [-0.2, -0.15) is 0 Å². The Balaban J connectivity index is 4.48. The molecular formula is C9H22N2O2S. The summed E-state index contributed by atoms with van der Waals surface area (Å²) in [5.41, 5.74) is 5.33. The summed E-state index contributed by atoms with van der Waals surface area (Å²) in [6, 6.07) is -0.130. The second kappa shape index (κ2) is 4.59. The van der Waals surface area contributed by atoms with Crippen molar-refractivity contribution in [3.05, 3.63) is 0 Å². The first kappa shape index (κ1) is 13.9. The molecule has 14 heavy (non-hydrogen) atoms. The molecule has 0 bridgehead atoms. The Labute approximate surface area is 87.5 Å². The zero-order valence-corrected chi connectivity index (χ0v) is 10.6. The highest BCUT2D eigenvalue weighted by Gasteiger charge is 2.25. The van der Waals surface area contributed by atoms with E-state index in [9.17, 15) is 8.42 Å². The van der Waals surface area contributed by atoms with E-state index in [1.54, 1.807) is 14.0 Å². The maximum absolute atomic E-state index is 11.8. The first-order valence-electron chi connectivity index (χ1n) is 4.74. The van der Waals surface area contributed by atoms with Gasteiger partial charge in [0.05, 0.1) is 5.75 Å². The zero-order chi connectivity index (χ0) is 11.6. The molecule has 0 saturated carbocycles. The molecule has 1 atom stereocenters. The molecule has 0 saturated heterocycles. The molecule has 4 nitrogen and oxygen atoms in total. The van der Waals surface area contributed by atoms with Gasteiger partial charge in [-0.3, -0.25) is 0 Å². The lowest BCUT2D eigenvalue weighted by Crippen LogP contribution is -2.40. The molecule has 0 fully saturated rings. The zero-order valence-electron chi connectivity index (χ0n) is 9.74. The van der Waals surface area contributed by atoms with Crippen LogP contribution in [-0.4, -0.2) is 38.1 Å². The molecule has 0 aliphatic carbocycles. The smallest absolute Gasteiger partial charge is 0.214 e. The topological polar surface area (TPSA) is 63.4 Å². The van der Waals surface area contributed by atoms with Gasteiger partial charge in [0, 0.05) is 19.6 Å². The number of sulfonamides is 1. The number of hydrogen-bond acceptors (Lipinski definition) is 3. The summed E-state index contributed by atoms with van der Waals surface area (Å²) in [5, 5.41) is 0. The third-order valence-corrected chi connectivity index (χ3v) is 3.97. The van der Waals surface area contributed by atoms with Crippen molar-refractivity contribution in [2.24, 2.45) is 11.1 Å². The first-order valence-corrected chi connectivity index (χ1v) is 6.35. The fourth-order valence-corrected chi connectivity index (χ4v) is 2.95. The van der Waals surface area contributed by atoms with Crippen molar-refractivity contribution in [2.75, 3.05) is 19.3 Å². The highest BCUT2D eigenvalue weighted by atomic mass is 32.2. The van der Waals surface area contributed by atoms with Crippen LogP contribution in [0.1, 0.15) is 27.7 Å². The Morgan fingerprint density at radius 1 is 1.36 bits per heavy atom. The standard InChI is InChI=1S/C9H22N2O2S/c1-8(10)6-11(5)14(12,13)7-9(2,3)4/h8H,6-7,10H2,1-5H3. The number of rotatable bonds is 4. The Kier molecular flexibility index (Phi) is 4.55. The van der Waals surface area contributed by atoms with Crippen LogP contribution in [-0.2, 0) is 10.0 Å². The highest BCUT2D eigenvalue weighted by molar-refractivity contribution is 7.89. The Morgan fingerprint density at radius 2 is 1.79 bits per heavy atom. The van der Waals surface area contributed by atoms with E-state index in [4.69, 9.17) is 5.73 Å². The van der Waals surface area contributed by atoms with Crippen molar-refractivity contribution in [1.29, 1.82) is 0 Å². The van der Waals surface area contributed by atoms with Crippen LogP contribution in [0.4, 0.5) is 0 Å². The van der Waals surface area contributed by atoms with E-state index < -0.39 is 10.0 Å². The lowest BCUT2D eigenvalue weighted by atomic mass is 10.0. The minimum atomic E-state index is -3.16. The molecule has 5 heteroatoms.